The van der Waals surface area contributed by atoms with Gasteiger partial charge in [-0.1, -0.05) is 30.3 Å². The number of carbonyl (C=O) groups excluding carboxylic acids is 1. The molecule has 0 spiro atoms. The third-order valence-electron chi connectivity index (χ3n) is 3.50. The number of hydrogen-bond donors (Lipinski definition) is 2. The van der Waals surface area contributed by atoms with E-state index in [2.05, 4.69) is 10.0 Å². The molecule has 6 nitrogen and oxygen atoms in total. The van der Waals surface area contributed by atoms with Crippen molar-refractivity contribution >= 4 is 26.7 Å². The zero-order valence-corrected chi connectivity index (χ0v) is 14.6. The highest BCUT2D eigenvalue weighted by Crippen LogP contribution is 2.18. The van der Waals surface area contributed by atoms with E-state index in [1.54, 1.807) is 25.3 Å². The third kappa shape index (κ3) is 5.02. The predicted octanol–water partition coefficient (Wildman–Crippen LogP) is 1.66. The monoisotopic (exact) mass is 350 g/mol. The van der Waals surface area contributed by atoms with Crippen molar-refractivity contribution in [3.63, 3.8) is 0 Å². The first-order valence-electron chi connectivity index (χ1n) is 7.69. The summed E-state index contributed by atoms with van der Waals surface area (Å²) >= 11 is 0. The lowest BCUT2D eigenvalue weighted by Crippen LogP contribution is -2.37. The second-order valence-electron chi connectivity index (χ2n) is 5.58. The van der Waals surface area contributed by atoms with Crippen molar-refractivity contribution in [2.24, 2.45) is 0 Å². The van der Waals surface area contributed by atoms with Gasteiger partial charge in [-0.3, -0.25) is 4.79 Å². The van der Waals surface area contributed by atoms with Crippen molar-refractivity contribution in [3.05, 3.63) is 42.5 Å². The van der Waals surface area contributed by atoms with Gasteiger partial charge in [0.2, 0.25) is 15.9 Å². The van der Waals surface area contributed by atoms with Gasteiger partial charge in [-0.15, -0.1) is 0 Å². The predicted molar refractivity (Wildman–Crippen MR) is 93.2 cm³/mol. The van der Waals surface area contributed by atoms with Gasteiger partial charge in [0.05, 0.1) is 11.5 Å². The Morgan fingerprint density at radius 1 is 1.17 bits per heavy atom. The molecule has 0 aliphatic rings. The lowest BCUT2D eigenvalue weighted by atomic mass is 10.1. The van der Waals surface area contributed by atoms with Crippen LogP contribution < -0.4 is 10.0 Å². The number of rotatable bonds is 8. The number of benzene rings is 2. The van der Waals surface area contributed by atoms with E-state index in [0.717, 1.165) is 10.8 Å². The fraction of sp³-hybridized carbons (Fsp3) is 0.353. The molecular weight excluding hydrogens is 328 g/mol. The van der Waals surface area contributed by atoms with E-state index in [9.17, 15) is 13.2 Å². The number of ether oxygens (including phenoxy) is 1. The molecule has 0 saturated carbocycles. The van der Waals surface area contributed by atoms with E-state index in [4.69, 9.17) is 4.74 Å². The van der Waals surface area contributed by atoms with Gasteiger partial charge in [0.1, 0.15) is 0 Å². The first-order chi connectivity index (χ1) is 11.4. The number of nitrogens with one attached hydrogen (secondary N) is 2. The molecule has 0 heterocycles. The average molecular weight is 350 g/mol. The molecule has 0 radical (unpaired) electrons. The molecule has 2 N–H and O–H groups in total. The summed E-state index contributed by atoms with van der Waals surface area (Å²) < 4.78 is 32.0. The van der Waals surface area contributed by atoms with Crippen molar-refractivity contribution < 1.29 is 17.9 Å². The van der Waals surface area contributed by atoms with E-state index in [1.807, 2.05) is 31.2 Å². The summed E-state index contributed by atoms with van der Waals surface area (Å²) in [5.41, 5.74) is 0. The second-order valence-corrected chi connectivity index (χ2v) is 7.35. The van der Waals surface area contributed by atoms with E-state index >= 15 is 0 Å². The highest BCUT2D eigenvalue weighted by Gasteiger charge is 2.15. The molecule has 0 fully saturated rings. The zero-order valence-electron chi connectivity index (χ0n) is 13.8. The quantitative estimate of drug-likeness (QED) is 0.758. The molecule has 1 amide bonds. The summed E-state index contributed by atoms with van der Waals surface area (Å²) in [6, 6.07) is 12.4. The normalized spacial score (nSPS) is 12.9. The number of amides is 1. The summed E-state index contributed by atoms with van der Waals surface area (Å²) in [6.45, 7) is 2.27. The Hall–Kier alpha value is -1.96. The van der Waals surface area contributed by atoms with Crippen LogP contribution in [0.1, 0.15) is 13.3 Å². The zero-order chi connectivity index (χ0) is 17.6. The molecule has 7 heteroatoms. The number of sulfonamides is 1. The fourth-order valence-electron chi connectivity index (χ4n) is 2.36. The lowest BCUT2D eigenvalue weighted by molar-refractivity contribution is -0.121. The molecule has 0 aromatic heterocycles. The van der Waals surface area contributed by atoms with Gasteiger partial charge in [0, 0.05) is 26.1 Å². The Balaban J connectivity index is 1.94. The Bertz CT molecular complexity index is 805. The topological polar surface area (TPSA) is 84.5 Å². The Kier molecular flexibility index (Phi) is 6.30. The summed E-state index contributed by atoms with van der Waals surface area (Å²) in [4.78, 5) is 11.9. The molecule has 130 valence electrons. The lowest BCUT2D eigenvalue weighted by Gasteiger charge is -2.13. The summed E-state index contributed by atoms with van der Waals surface area (Å²) in [5.74, 6) is -0.222. The van der Waals surface area contributed by atoms with Crippen LogP contribution in [0.5, 0.6) is 0 Å². The molecule has 1 atom stereocenters. The molecule has 0 aliphatic heterocycles. The van der Waals surface area contributed by atoms with Crippen LogP contribution in [0, 0.1) is 0 Å². The maximum Gasteiger partial charge on any atom is 0.240 e. The van der Waals surface area contributed by atoms with E-state index in [-0.39, 0.29) is 29.8 Å². The van der Waals surface area contributed by atoms with Crippen LogP contribution in [0.3, 0.4) is 0 Å². The van der Waals surface area contributed by atoms with Crippen LogP contribution in [-0.4, -0.2) is 40.6 Å². The molecule has 1 unspecified atom stereocenters. The van der Waals surface area contributed by atoms with Gasteiger partial charge in [-0.2, -0.15) is 0 Å². The van der Waals surface area contributed by atoms with Crippen LogP contribution in [0.15, 0.2) is 47.4 Å². The average Bonchev–Trinajstić information content (AvgIpc) is 2.54. The minimum Gasteiger partial charge on any atom is -0.383 e. The largest absolute Gasteiger partial charge is 0.383 e. The molecule has 2 aromatic carbocycles. The number of hydrogen-bond acceptors (Lipinski definition) is 4. The first kappa shape index (κ1) is 18.4. The fourth-order valence-corrected chi connectivity index (χ4v) is 3.42. The Morgan fingerprint density at radius 3 is 2.58 bits per heavy atom. The molecule has 24 heavy (non-hydrogen) atoms. The number of carbonyl (C=O) groups is 1. The van der Waals surface area contributed by atoms with Gasteiger partial charge in [-0.05, 0) is 29.8 Å². The first-order valence-corrected chi connectivity index (χ1v) is 9.17. The number of methoxy groups -OCH3 is 1. The van der Waals surface area contributed by atoms with E-state index < -0.39 is 10.0 Å². The molecule has 0 bridgehead atoms. The molecule has 2 rings (SSSR count). The molecular formula is C17H22N2O4S. The third-order valence-corrected chi connectivity index (χ3v) is 4.96. The minimum absolute atomic E-state index is 0.0424. The van der Waals surface area contributed by atoms with Crippen LogP contribution in [0.25, 0.3) is 10.8 Å². The maximum absolute atomic E-state index is 12.3. The van der Waals surface area contributed by atoms with Crippen LogP contribution >= 0.6 is 0 Å². The van der Waals surface area contributed by atoms with Crippen molar-refractivity contribution in [3.8, 4) is 0 Å². The highest BCUT2D eigenvalue weighted by molar-refractivity contribution is 7.89. The van der Waals surface area contributed by atoms with Gasteiger partial charge in [-0.25, -0.2) is 13.1 Å². The Labute approximate surface area is 142 Å². The summed E-state index contributed by atoms with van der Waals surface area (Å²) in [6.07, 6.45) is 0.0703. The smallest absolute Gasteiger partial charge is 0.240 e. The van der Waals surface area contributed by atoms with Crippen molar-refractivity contribution in [2.45, 2.75) is 24.3 Å². The van der Waals surface area contributed by atoms with Crippen LogP contribution in [0.4, 0.5) is 0 Å². The standard InChI is InChI=1S/C17H22N2O4S/c1-13(12-23-2)19-17(20)9-10-18-24(21,22)16-8-7-14-5-3-4-6-15(14)11-16/h3-8,11,13,18H,9-10,12H2,1-2H3,(H,19,20). The van der Waals surface area contributed by atoms with Crippen LogP contribution in [0.2, 0.25) is 0 Å². The van der Waals surface area contributed by atoms with Crippen molar-refractivity contribution in [1.82, 2.24) is 10.0 Å². The van der Waals surface area contributed by atoms with Gasteiger partial charge in [0.25, 0.3) is 0 Å². The van der Waals surface area contributed by atoms with Gasteiger partial charge in [0.15, 0.2) is 0 Å². The van der Waals surface area contributed by atoms with Crippen LogP contribution in [-0.2, 0) is 19.6 Å². The van der Waals surface area contributed by atoms with Crippen molar-refractivity contribution in [2.75, 3.05) is 20.3 Å². The molecule has 2 aromatic rings. The minimum atomic E-state index is -3.64. The molecule has 0 saturated heterocycles. The summed E-state index contributed by atoms with van der Waals surface area (Å²) in [5, 5.41) is 4.56. The van der Waals surface area contributed by atoms with E-state index in [0.29, 0.717) is 6.61 Å². The van der Waals surface area contributed by atoms with Crippen molar-refractivity contribution in [1.29, 1.82) is 0 Å². The van der Waals surface area contributed by atoms with E-state index in [1.165, 1.54) is 0 Å². The molecule has 0 aliphatic carbocycles. The SMILES string of the molecule is COCC(C)NC(=O)CCNS(=O)(=O)c1ccc2ccccc2c1. The van der Waals surface area contributed by atoms with Gasteiger partial charge >= 0.3 is 0 Å². The Morgan fingerprint density at radius 2 is 1.88 bits per heavy atom. The second kappa shape index (κ2) is 8.23. The van der Waals surface area contributed by atoms with Gasteiger partial charge < -0.3 is 10.1 Å². The number of fused-ring (bicyclic) bond motifs is 1. The maximum atomic E-state index is 12.3. The highest BCUT2D eigenvalue weighted by atomic mass is 32.2. The summed E-state index contributed by atoms with van der Waals surface area (Å²) in [7, 11) is -2.08.